The maximum absolute atomic E-state index is 4.19. The predicted molar refractivity (Wildman–Crippen MR) is 47.1 cm³/mol. The van der Waals surface area contributed by atoms with Crippen LogP contribution in [0.5, 0.6) is 0 Å². The van der Waals surface area contributed by atoms with Crippen molar-refractivity contribution in [1.29, 1.82) is 0 Å². The summed E-state index contributed by atoms with van der Waals surface area (Å²) in [6, 6.07) is 1.92. The predicted octanol–water partition coefficient (Wildman–Crippen LogP) is 1.85. The summed E-state index contributed by atoms with van der Waals surface area (Å²) in [7, 11) is 0. The third kappa shape index (κ3) is 0.978. The molecule has 2 rings (SSSR count). The highest BCUT2D eigenvalue weighted by molar-refractivity contribution is 5.31. The molecule has 62 valence electrons. The fourth-order valence-corrected chi connectivity index (χ4v) is 1.27. The molecule has 0 atom stereocenters. The lowest BCUT2D eigenvalue weighted by Gasteiger charge is -2.02. The molecule has 2 aromatic heterocycles. The van der Waals surface area contributed by atoms with Crippen molar-refractivity contribution in [2.75, 3.05) is 0 Å². The molecule has 2 heterocycles. The first-order valence-corrected chi connectivity index (χ1v) is 4.07. The average Bonchev–Trinajstić information content (AvgIpc) is 2.47. The maximum atomic E-state index is 4.19. The molecule has 0 aliphatic rings. The molecule has 0 radical (unpaired) electrons. The summed E-state index contributed by atoms with van der Waals surface area (Å²) in [4.78, 5) is 8.33. The van der Waals surface area contributed by atoms with E-state index < -0.39 is 0 Å². The van der Waals surface area contributed by atoms with Crippen molar-refractivity contribution < 1.29 is 0 Å². The molecule has 0 fully saturated rings. The van der Waals surface area contributed by atoms with E-state index in [1.165, 1.54) is 5.69 Å². The molecule has 0 bridgehead atoms. The third-order valence-electron chi connectivity index (χ3n) is 1.91. The van der Waals surface area contributed by atoms with Crippen LogP contribution in [0.15, 0.2) is 24.7 Å². The van der Waals surface area contributed by atoms with Crippen molar-refractivity contribution in [3.63, 3.8) is 0 Å². The van der Waals surface area contributed by atoms with E-state index >= 15 is 0 Å². The first kappa shape index (κ1) is 7.28. The molecule has 3 nitrogen and oxygen atoms in total. The van der Waals surface area contributed by atoms with E-state index in [-0.39, 0.29) is 0 Å². The Labute approximate surface area is 71.1 Å². The van der Waals surface area contributed by atoms with Crippen molar-refractivity contribution >= 4 is 5.78 Å². The zero-order valence-electron chi connectivity index (χ0n) is 7.23. The van der Waals surface area contributed by atoms with E-state index in [9.17, 15) is 0 Å². The number of hydrogen-bond acceptors (Lipinski definition) is 2. The molecular formula is C9H11N3. The molecular weight excluding hydrogens is 150 g/mol. The standard InChI is InChI=1S/C9H11N3/c1-7(2)8-6-11-9-10-4-3-5-12(8)9/h3-7H,1-2H3. The fourth-order valence-electron chi connectivity index (χ4n) is 1.27. The third-order valence-corrected chi connectivity index (χ3v) is 1.91. The van der Waals surface area contributed by atoms with Crippen LogP contribution in [0, 0.1) is 0 Å². The molecule has 0 spiro atoms. The zero-order valence-corrected chi connectivity index (χ0v) is 7.23. The van der Waals surface area contributed by atoms with Crippen LogP contribution >= 0.6 is 0 Å². The van der Waals surface area contributed by atoms with Gasteiger partial charge < -0.3 is 0 Å². The monoisotopic (exact) mass is 161 g/mol. The van der Waals surface area contributed by atoms with E-state index in [0.717, 1.165) is 5.78 Å². The molecule has 0 N–H and O–H groups in total. The van der Waals surface area contributed by atoms with Crippen LogP contribution in [-0.4, -0.2) is 14.4 Å². The minimum atomic E-state index is 0.490. The van der Waals surface area contributed by atoms with Crippen LogP contribution in [0.1, 0.15) is 25.5 Å². The Morgan fingerprint density at radius 2 is 2.17 bits per heavy atom. The second kappa shape index (κ2) is 2.59. The van der Waals surface area contributed by atoms with E-state index in [1.807, 2.05) is 22.9 Å². The maximum Gasteiger partial charge on any atom is 0.233 e. The Morgan fingerprint density at radius 3 is 2.92 bits per heavy atom. The fraction of sp³-hybridized carbons (Fsp3) is 0.333. The second-order valence-corrected chi connectivity index (χ2v) is 3.13. The zero-order chi connectivity index (χ0) is 8.55. The van der Waals surface area contributed by atoms with Crippen LogP contribution in [0.4, 0.5) is 0 Å². The molecule has 0 aliphatic carbocycles. The largest absolute Gasteiger partial charge is 0.288 e. The Hall–Kier alpha value is -1.38. The summed E-state index contributed by atoms with van der Waals surface area (Å²) >= 11 is 0. The lowest BCUT2D eigenvalue weighted by molar-refractivity contribution is 0.805. The van der Waals surface area contributed by atoms with Crippen molar-refractivity contribution in [3.8, 4) is 0 Å². The minimum Gasteiger partial charge on any atom is -0.288 e. The van der Waals surface area contributed by atoms with Gasteiger partial charge in [-0.05, 0) is 12.0 Å². The van der Waals surface area contributed by atoms with Crippen molar-refractivity contribution in [1.82, 2.24) is 14.4 Å². The number of nitrogens with zero attached hydrogens (tertiary/aromatic N) is 3. The molecule has 0 saturated carbocycles. The molecule has 12 heavy (non-hydrogen) atoms. The first-order valence-electron chi connectivity index (χ1n) is 4.07. The van der Waals surface area contributed by atoms with E-state index in [2.05, 4.69) is 23.8 Å². The van der Waals surface area contributed by atoms with Crippen LogP contribution in [-0.2, 0) is 0 Å². The number of rotatable bonds is 1. The lowest BCUT2D eigenvalue weighted by Crippen LogP contribution is -1.94. The Balaban J connectivity index is 2.70. The SMILES string of the molecule is CC(C)c1cnc2ncccn12. The molecule has 2 aromatic rings. The summed E-state index contributed by atoms with van der Waals surface area (Å²) in [5.41, 5.74) is 1.21. The van der Waals surface area contributed by atoms with Crippen LogP contribution in [0.3, 0.4) is 0 Å². The van der Waals surface area contributed by atoms with Crippen molar-refractivity contribution in [2.45, 2.75) is 19.8 Å². The summed E-state index contributed by atoms with van der Waals surface area (Å²) in [6.45, 7) is 4.30. The van der Waals surface area contributed by atoms with Gasteiger partial charge in [0.1, 0.15) is 0 Å². The van der Waals surface area contributed by atoms with Gasteiger partial charge in [0.2, 0.25) is 5.78 Å². The summed E-state index contributed by atoms with van der Waals surface area (Å²) in [5.74, 6) is 1.27. The highest BCUT2D eigenvalue weighted by atomic mass is 15.1. The van der Waals surface area contributed by atoms with Gasteiger partial charge in [-0.1, -0.05) is 13.8 Å². The van der Waals surface area contributed by atoms with Gasteiger partial charge in [-0.15, -0.1) is 0 Å². The number of aromatic nitrogens is 3. The van der Waals surface area contributed by atoms with Gasteiger partial charge in [0.25, 0.3) is 0 Å². The summed E-state index contributed by atoms with van der Waals surface area (Å²) < 4.78 is 2.02. The minimum absolute atomic E-state index is 0.490. The van der Waals surface area contributed by atoms with E-state index in [0.29, 0.717) is 5.92 Å². The Kier molecular flexibility index (Phi) is 1.57. The summed E-state index contributed by atoms with van der Waals surface area (Å²) in [5, 5.41) is 0. The van der Waals surface area contributed by atoms with Gasteiger partial charge in [-0.3, -0.25) is 4.40 Å². The average molecular weight is 161 g/mol. The number of hydrogen-bond donors (Lipinski definition) is 0. The van der Waals surface area contributed by atoms with Gasteiger partial charge in [-0.25, -0.2) is 9.97 Å². The normalized spacial score (nSPS) is 11.2. The van der Waals surface area contributed by atoms with Crippen molar-refractivity contribution in [2.24, 2.45) is 0 Å². The molecule has 0 aromatic carbocycles. The number of imidazole rings is 1. The molecule has 0 aliphatic heterocycles. The molecule has 3 heteroatoms. The first-order chi connectivity index (χ1) is 5.79. The van der Waals surface area contributed by atoms with Crippen LogP contribution in [0.2, 0.25) is 0 Å². The van der Waals surface area contributed by atoms with Crippen molar-refractivity contribution in [3.05, 3.63) is 30.4 Å². The Morgan fingerprint density at radius 1 is 1.33 bits per heavy atom. The topological polar surface area (TPSA) is 30.2 Å². The molecule has 0 unspecified atom stereocenters. The van der Waals surface area contributed by atoms with E-state index in [4.69, 9.17) is 0 Å². The van der Waals surface area contributed by atoms with Gasteiger partial charge in [-0.2, -0.15) is 0 Å². The Bertz CT molecular complexity index is 389. The second-order valence-electron chi connectivity index (χ2n) is 3.13. The highest BCUT2D eigenvalue weighted by Crippen LogP contribution is 2.14. The van der Waals surface area contributed by atoms with Gasteiger partial charge >= 0.3 is 0 Å². The quantitative estimate of drug-likeness (QED) is 0.639. The van der Waals surface area contributed by atoms with Gasteiger partial charge in [0.15, 0.2) is 0 Å². The lowest BCUT2D eigenvalue weighted by atomic mass is 10.1. The number of fused-ring (bicyclic) bond motifs is 1. The van der Waals surface area contributed by atoms with Gasteiger partial charge in [0, 0.05) is 18.1 Å². The smallest absolute Gasteiger partial charge is 0.233 e. The van der Waals surface area contributed by atoms with Gasteiger partial charge in [0.05, 0.1) is 6.20 Å². The molecule has 0 saturated heterocycles. The van der Waals surface area contributed by atoms with Crippen LogP contribution in [0.25, 0.3) is 5.78 Å². The highest BCUT2D eigenvalue weighted by Gasteiger charge is 2.05. The molecule has 0 amide bonds. The van der Waals surface area contributed by atoms with Crippen LogP contribution < -0.4 is 0 Å². The van der Waals surface area contributed by atoms with E-state index in [1.54, 1.807) is 6.20 Å². The summed E-state index contributed by atoms with van der Waals surface area (Å²) in [6.07, 6.45) is 5.63.